The maximum atomic E-state index is 8.88. The average molecular weight is 1050 g/mol. The Morgan fingerprint density at radius 1 is 0.636 bits per heavy atom. The molecule has 55 heavy (non-hydrogen) atoms. The fourth-order valence-electron chi connectivity index (χ4n) is 4.72. The maximum absolute atomic E-state index is 8.88. The van der Waals surface area contributed by atoms with Gasteiger partial charge in [-0.15, -0.1) is 0 Å². The van der Waals surface area contributed by atoms with Crippen molar-refractivity contribution < 1.29 is 164 Å². The van der Waals surface area contributed by atoms with Gasteiger partial charge in [0.25, 0.3) is 6.47 Å². The summed E-state index contributed by atoms with van der Waals surface area (Å²) in [4.78, 5) is 19.8. The summed E-state index contributed by atoms with van der Waals surface area (Å²) in [6.07, 6.45) is 3.61. The summed E-state index contributed by atoms with van der Waals surface area (Å²) in [7, 11) is -4.45. The minimum atomic E-state index is -1.35. The van der Waals surface area contributed by atoms with Crippen LogP contribution in [-0.4, -0.2) is 57.8 Å². The smallest absolute Gasteiger partial charge is 1.00 e. The SMILES string of the molecule is C[Si](C)(C)C.C[Si](C)(C)c1ccc(-c2nccc3ccccc23)cc1.C[Si](C)(C)c1ccc(B(O)O)cc1.Clc1nccc2ccccc12.O=CO[O-].[Cs+].[Cs+].[H-]. The Morgan fingerprint density at radius 2 is 1.02 bits per heavy atom. The number of fused-ring (bicyclic) bond motifs is 2. The maximum Gasteiger partial charge on any atom is 1.00 e. The Bertz CT molecular complexity index is 2000. The molecule has 0 saturated carbocycles. The minimum absolute atomic E-state index is 0. The molecule has 0 amide bonds. The van der Waals surface area contributed by atoms with Crippen molar-refractivity contribution in [2.45, 2.75) is 65.5 Å². The van der Waals surface area contributed by atoms with E-state index < -0.39 is 31.3 Å². The molecule has 282 valence electrons. The second-order valence-corrected chi connectivity index (χ2v) is 32.5. The van der Waals surface area contributed by atoms with E-state index in [0.717, 1.165) is 16.5 Å². The summed E-state index contributed by atoms with van der Waals surface area (Å²) in [5.74, 6) is 0. The van der Waals surface area contributed by atoms with Crippen molar-refractivity contribution in [3.8, 4) is 11.3 Å². The summed E-state index contributed by atoms with van der Waals surface area (Å²) < 4.78 is 0. The predicted octanol–water partition coefficient (Wildman–Crippen LogP) is 1.76. The van der Waals surface area contributed by atoms with Crippen LogP contribution in [0.5, 0.6) is 0 Å². The van der Waals surface area contributed by atoms with Crippen molar-refractivity contribution in [2.24, 2.45) is 0 Å². The molecular weight excluding hydrogens is 997 g/mol. The Kier molecular flexibility index (Phi) is 27.2. The molecule has 4 aromatic carbocycles. The van der Waals surface area contributed by atoms with Gasteiger partial charge in [0.15, 0.2) is 0 Å². The monoisotopic (exact) mass is 1050 g/mol. The molecule has 2 aromatic heterocycles. The van der Waals surface area contributed by atoms with Gasteiger partial charge in [-0.3, -0.25) is 9.78 Å². The molecule has 0 radical (unpaired) electrons. The van der Waals surface area contributed by atoms with Crippen LogP contribution in [0.1, 0.15) is 1.43 Å². The molecule has 0 bridgehead atoms. The molecule has 0 aliphatic rings. The normalized spacial score (nSPS) is 10.5. The summed E-state index contributed by atoms with van der Waals surface area (Å²) in [6, 6.07) is 36.8. The van der Waals surface area contributed by atoms with Crippen LogP contribution in [0.3, 0.4) is 0 Å². The third-order valence-electron chi connectivity index (χ3n) is 7.44. The molecule has 0 spiro atoms. The van der Waals surface area contributed by atoms with E-state index in [1.807, 2.05) is 48.7 Å². The van der Waals surface area contributed by atoms with E-state index >= 15 is 0 Å². The van der Waals surface area contributed by atoms with Gasteiger partial charge in [0.1, 0.15) is 5.15 Å². The fraction of sp³-hybridized carbons (Fsp3) is 0.244. The van der Waals surface area contributed by atoms with Gasteiger partial charge in [-0.2, -0.15) is 0 Å². The van der Waals surface area contributed by atoms with Crippen LogP contribution in [0.2, 0.25) is 70.6 Å². The van der Waals surface area contributed by atoms with Crippen LogP contribution < -0.4 is 159 Å². The van der Waals surface area contributed by atoms with Gasteiger partial charge in [-0.05, 0) is 28.4 Å². The molecule has 0 aliphatic heterocycles. The largest absolute Gasteiger partial charge is 1.00 e. The van der Waals surface area contributed by atoms with E-state index in [9.17, 15) is 0 Å². The third kappa shape index (κ3) is 21.3. The summed E-state index contributed by atoms with van der Waals surface area (Å²) in [6.45, 7) is 23.0. The molecule has 14 heteroatoms. The van der Waals surface area contributed by atoms with Crippen molar-refractivity contribution in [2.75, 3.05) is 0 Å². The van der Waals surface area contributed by atoms with Gasteiger partial charge in [-0.25, -0.2) is 4.98 Å². The number of hydrogen-bond donors (Lipinski definition) is 2. The first kappa shape index (κ1) is 55.2. The quantitative estimate of drug-likeness (QED) is 0.0891. The van der Waals surface area contributed by atoms with E-state index in [2.05, 4.69) is 135 Å². The Labute approximate surface area is 455 Å². The number of carbonyl (C=O) groups excluding carboxylic acids is 1. The molecule has 2 N–H and O–H groups in total. The molecule has 7 nitrogen and oxygen atoms in total. The Balaban J connectivity index is 0. The summed E-state index contributed by atoms with van der Waals surface area (Å²) in [5.41, 5.74) is 2.83. The van der Waals surface area contributed by atoms with Crippen molar-refractivity contribution in [1.82, 2.24) is 9.97 Å². The molecule has 0 aliphatic carbocycles. The molecule has 0 unspecified atom stereocenters. The molecule has 6 aromatic rings. The van der Waals surface area contributed by atoms with E-state index in [1.54, 1.807) is 18.3 Å². The van der Waals surface area contributed by atoms with Gasteiger partial charge < -0.3 is 21.6 Å². The number of halogens is 1. The predicted molar refractivity (Wildman–Crippen MR) is 234 cm³/mol. The van der Waals surface area contributed by atoms with Gasteiger partial charge in [0, 0.05) is 36.8 Å². The van der Waals surface area contributed by atoms with E-state index in [0.29, 0.717) is 10.6 Å². The van der Waals surface area contributed by atoms with E-state index in [-0.39, 0.29) is 146 Å². The fourth-order valence-corrected chi connectivity index (χ4v) is 7.28. The van der Waals surface area contributed by atoms with Crippen molar-refractivity contribution in [1.29, 1.82) is 0 Å². The standard InChI is InChI=1S/C18H19NSi.C9H15BO2Si.C9H6ClN.C4H12Si.CH2O3.2Cs.H/c1-20(2,3)16-10-8-15(9-11-16)18-17-7-5-4-6-14(17)12-13-19-18;1-13(2,3)9-6-4-8(5-7-9)10(11)12;10-9-8-4-2-1-3-7(8)5-6-11-9;1-5(2,3)4;2-1-4-3;;;/h4-13H,1-3H3;4-7,11-12H,1-3H3;1-6H;1-4H3;1,3H;;;/q;;;;;2*+1;-1/p-1. The number of nitrogens with zero attached hydrogens (tertiary/aromatic N) is 2. The second-order valence-electron chi connectivity index (χ2n) is 16.0. The molecule has 2 heterocycles. The summed E-state index contributed by atoms with van der Waals surface area (Å²) in [5, 5.41) is 34.2. The number of carbonyl (C=O) groups is 1. The number of pyridine rings is 2. The zero-order chi connectivity index (χ0) is 39.8. The first-order valence-corrected chi connectivity index (χ1v) is 28.8. The topological polar surface area (TPSA) is 116 Å². The average Bonchev–Trinajstić information content (AvgIpc) is 3.11. The van der Waals surface area contributed by atoms with E-state index in [1.165, 1.54) is 26.7 Å². The van der Waals surface area contributed by atoms with Crippen LogP contribution >= 0.6 is 11.6 Å². The van der Waals surface area contributed by atoms with Crippen LogP contribution in [0.25, 0.3) is 32.8 Å². The zero-order valence-electron chi connectivity index (χ0n) is 35.6. The van der Waals surface area contributed by atoms with Gasteiger partial charge in [0.05, 0.1) is 21.8 Å². The Morgan fingerprint density at radius 3 is 1.42 bits per heavy atom. The molecule has 0 atom stereocenters. The molecule has 6 rings (SSSR count). The third-order valence-corrected chi connectivity index (χ3v) is 11.9. The van der Waals surface area contributed by atoms with Crippen molar-refractivity contribution >= 4 is 86.8 Å². The summed E-state index contributed by atoms with van der Waals surface area (Å²) >= 11 is 5.85. The molecule has 0 fully saturated rings. The number of benzene rings is 4. The number of rotatable bonds is 5. The Hall–Kier alpha value is 0.159. The first-order valence-electron chi connectivity index (χ1n) is 17.4. The van der Waals surface area contributed by atoms with Crippen molar-refractivity contribution in [3.63, 3.8) is 0 Å². The first-order chi connectivity index (χ1) is 24.8. The van der Waals surface area contributed by atoms with Gasteiger partial charge in [0.2, 0.25) is 0 Å². The van der Waals surface area contributed by atoms with Crippen LogP contribution in [0, 0.1) is 0 Å². The van der Waals surface area contributed by atoms with Gasteiger partial charge >= 0.3 is 145 Å². The second kappa shape index (κ2) is 27.1. The molecular formula is C41H54BClCs2N2O5Si3. The number of hydrogen-bond acceptors (Lipinski definition) is 7. The van der Waals surface area contributed by atoms with Crippen molar-refractivity contribution in [3.05, 3.63) is 127 Å². The van der Waals surface area contributed by atoms with Gasteiger partial charge in [-0.1, -0.05) is 185 Å². The van der Waals surface area contributed by atoms with Crippen LogP contribution in [0.4, 0.5) is 0 Å². The minimum Gasteiger partial charge on any atom is -1.00 e. The zero-order valence-corrected chi connectivity index (χ0v) is 50.9. The van der Waals surface area contributed by atoms with Crippen LogP contribution in [-0.2, 0) is 9.68 Å². The van der Waals surface area contributed by atoms with E-state index in [4.69, 9.17) is 31.7 Å². The number of aromatic nitrogens is 2. The molecule has 0 saturated heterocycles. The van der Waals surface area contributed by atoms with Crippen LogP contribution in [0.15, 0.2) is 122 Å².